The van der Waals surface area contributed by atoms with Gasteiger partial charge in [0.05, 0.1) is 0 Å². The minimum Gasteiger partial charge on any atom is -0.315 e. The van der Waals surface area contributed by atoms with Crippen molar-refractivity contribution in [1.82, 2.24) is 5.32 Å². The van der Waals surface area contributed by atoms with Crippen molar-refractivity contribution in [2.24, 2.45) is 0 Å². The van der Waals surface area contributed by atoms with E-state index in [1.54, 1.807) is 14.0 Å². The zero-order chi connectivity index (χ0) is 4.99. The van der Waals surface area contributed by atoms with Crippen molar-refractivity contribution in [2.75, 3.05) is 13.7 Å². The second kappa shape index (κ2) is 3.09. The van der Waals surface area contributed by atoms with Gasteiger partial charge in [0, 0.05) is 6.04 Å². The van der Waals surface area contributed by atoms with Crippen molar-refractivity contribution in [1.29, 1.82) is 0 Å². The van der Waals surface area contributed by atoms with E-state index in [-0.39, 0.29) is 12.7 Å². The number of alkyl halides is 1. The summed E-state index contributed by atoms with van der Waals surface area (Å²) in [6.45, 7) is 1.51. The minimum absolute atomic E-state index is 0.0185. The molecule has 0 aromatic carbocycles. The number of halogens is 1. The van der Waals surface area contributed by atoms with Gasteiger partial charge in [-0.15, -0.1) is 0 Å². The molecule has 0 bridgehead atoms. The Labute approximate surface area is 37.5 Å². The Morgan fingerprint density at radius 2 is 2.33 bits per heavy atom. The first-order valence-electron chi connectivity index (χ1n) is 2.04. The SMILES string of the molecule is CN[C@@H](C)CF. The minimum atomic E-state index is -0.281. The summed E-state index contributed by atoms with van der Waals surface area (Å²) < 4.78 is 11.3. The molecule has 0 fully saturated rings. The zero-order valence-corrected chi connectivity index (χ0v) is 4.16. The van der Waals surface area contributed by atoms with E-state index in [0.717, 1.165) is 0 Å². The van der Waals surface area contributed by atoms with Crippen LogP contribution in [0.3, 0.4) is 0 Å². The van der Waals surface area contributed by atoms with Crippen molar-refractivity contribution in [3.8, 4) is 0 Å². The molecule has 0 heterocycles. The molecule has 0 radical (unpaired) electrons. The Balaban J connectivity index is 2.75. The normalized spacial score (nSPS) is 14.5. The molecular weight excluding hydrogens is 81.0 g/mol. The third-order valence-corrected chi connectivity index (χ3v) is 0.724. The molecule has 0 aliphatic carbocycles. The van der Waals surface area contributed by atoms with E-state index in [1.165, 1.54) is 0 Å². The van der Waals surface area contributed by atoms with Gasteiger partial charge in [-0.2, -0.15) is 0 Å². The number of hydrogen-bond donors (Lipinski definition) is 1. The molecule has 0 unspecified atom stereocenters. The Kier molecular flexibility index (Phi) is 3.04. The molecule has 6 heavy (non-hydrogen) atoms. The highest BCUT2D eigenvalue weighted by molar-refractivity contribution is 4.50. The molecule has 1 N–H and O–H groups in total. The number of hydrogen-bond acceptors (Lipinski definition) is 1. The summed E-state index contributed by atoms with van der Waals surface area (Å²) in [7, 11) is 1.74. The van der Waals surface area contributed by atoms with Gasteiger partial charge in [-0.3, -0.25) is 0 Å². The van der Waals surface area contributed by atoms with Crippen molar-refractivity contribution in [2.45, 2.75) is 13.0 Å². The maximum absolute atomic E-state index is 11.3. The monoisotopic (exact) mass is 91.1 g/mol. The van der Waals surface area contributed by atoms with Crippen LogP contribution in [0.15, 0.2) is 0 Å². The molecule has 0 spiro atoms. The van der Waals surface area contributed by atoms with Gasteiger partial charge in [0.25, 0.3) is 0 Å². The zero-order valence-electron chi connectivity index (χ0n) is 4.16. The van der Waals surface area contributed by atoms with E-state index in [2.05, 4.69) is 5.32 Å². The summed E-state index contributed by atoms with van der Waals surface area (Å²) in [5, 5.41) is 2.74. The van der Waals surface area contributed by atoms with Crippen LogP contribution in [-0.4, -0.2) is 19.8 Å². The van der Waals surface area contributed by atoms with Crippen LogP contribution in [0.5, 0.6) is 0 Å². The highest BCUT2D eigenvalue weighted by atomic mass is 19.1. The van der Waals surface area contributed by atoms with Crippen molar-refractivity contribution < 1.29 is 4.39 Å². The number of nitrogens with one attached hydrogen (secondary N) is 1. The van der Waals surface area contributed by atoms with Crippen LogP contribution in [-0.2, 0) is 0 Å². The van der Waals surface area contributed by atoms with E-state index >= 15 is 0 Å². The summed E-state index contributed by atoms with van der Waals surface area (Å²) in [5.74, 6) is 0. The summed E-state index contributed by atoms with van der Waals surface area (Å²) in [6, 6.07) is 0.0185. The fourth-order valence-electron chi connectivity index (χ4n) is 0.0772. The Hall–Kier alpha value is -0.110. The summed E-state index contributed by atoms with van der Waals surface area (Å²) in [6.07, 6.45) is 0. The highest BCUT2D eigenvalue weighted by Gasteiger charge is 1.90. The molecule has 38 valence electrons. The van der Waals surface area contributed by atoms with E-state index < -0.39 is 0 Å². The Bertz CT molecular complexity index is 26.7. The second-order valence-corrected chi connectivity index (χ2v) is 1.34. The van der Waals surface area contributed by atoms with Crippen LogP contribution in [0.4, 0.5) is 4.39 Å². The molecule has 0 aromatic heterocycles. The van der Waals surface area contributed by atoms with Gasteiger partial charge >= 0.3 is 0 Å². The number of rotatable bonds is 2. The summed E-state index contributed by atoms with van der Waals surface area (Å²) in [4.78, 5) is 0. The van der Waals surface area contributed by atoms with E-state index in [0.29, 0.717) is 0 Å². The first-order chi connectivity index (χ1) is 2.81. The summed E-state index contributed by atoms with van der Waals surface area (Å²) in [5.41, 5.74) is 0. The lowest BCUT2D eigenvalue weighted by Gasteiger charge is -1.99. The maximum Gasteiger partial charge on any atom is 0.104 e. The van der Waals surface area contributed by atoms with Gasteiger partial charge in [-0.25, -0.2) is 4.39 Å². The third kappa shape index (κ3) is 2.15. The molecule has 1 atom stereocenters. The molecule has 0 aromatic rings. The average Bonchev–Trinajstić information content (AvgIpc) is 1.65. The fraction of sp³-hybridized carbons (Fsp3) is 1.00. The van der Waals surface area contributed by atoms with E-state index in [1.807, 2.05) is 0 Å². The molecule has 0 saturated carbocycles. The smallest absolute Gasteiger partial charge is 0.104 e. The van der Waals surface area contributed by atoms with Crippen molar-refractivity contribution in [3.63, 3.8) is 0 Å². The fourth-order valence-corrected chi connectivity index (χ4v) is 0.0772. The highest BCUT2D eigenvalue weighted by Crippen LogP contribution is 1.76. The molecule has 0 aliphatic heterocycles. The predicted molar refractivity (Wildman–Crippen MR) is 24.5 cm³/mol. The lowest BCUT2D eigenvalue weighted by Crippen LogP contribution is -2.22. The molecule has 2 heteroatoms. The van der Waals surface area contributed by atoms with Crippen molar-refractivity contribution in [3.05, 3.63) is 0 Å². The topological polar surface area (TPSA) is 12.0 Å². The Morgan fingerprint density at radius 3 is 2.33 bits per heavy atom. The van der Waals surface area contributed by atoms with Gasteiger partial charge in [0.2, 0.25) is 0 Å². The van der Waals surface area contributed by atoms with Crippen LogP contribution in [0.2, 0.25) is 0 Å². The molecular formula is C4H10FN. The molecule has 0 rings (SSSR count). The predicted octanol–water partition coefficient (Wildman–Crippen LogP) is 0.564. The lowest BCUT2D eigenvalue weighted by molar-refractivity contribution is 0.410. The standard InChI is InChI=1S/C4H10FN/c1-4(3-5)6-2/h4,6H,3H2,1-2H3/t4-/m0/s1. The first kappa shape index (κ1) is 5.89. The average molecular weight is 91.1 g/mol. The second-order valence-electron chi connectivity index (χ2n) is 1.34. The quantitative estimate of drug-likeness (QED) is 0.523. The van der Waals surface area contributed by atoms with Gasteiger partial charge in [-0.05, 0) is 14.0 Å². The maximum atomic E-state index is 11.3. The third-order valence-electron chi connectivity index (χ3n) is 0.724. The van der Waals surface area contributed by atoms with Crippen LogP contribution < -0.4 is 5.32 Å². The lowest BCUT2D eigenvalue weighted by atomic mass is 10.4. The van der Waals surface area contributed by atoms with Crippen LogP contribution in [0.1, 0.15) is 6.92 Å². The summed E-state index contributed by atoms with van der Waals surface area (Å²) >= 11 is 0. The van der Waals surface area contributed by atoms with Gasteiger partial charge < -0.3 is 5.32 Å². The van der Waals surface area contributed by atoms with Crippen LogP contribution >= 0.6 is 0 Å². The first-order valence-corrected chi connectivity index (χ1v) is 2.04. The molecule has 0 amide bonds. The Morgan fingerprint density at radius 1 is 1.83 bits per heavy atom. The molecule has 0 saturated heterocycles. The van der Waals surface area contributed by atoms with Gasteiger partial charge in [0.15, 0.2) is 0 Å². The van der Waals surface area contributed by atoms with Crippen LogP contribution in [0.25, 0.3) is 0 Å². The van der Waals surface area contributed by atoms with Crippen LogP contribution in [0, 0.1) is 0 Å². The van der Waals surface area contributed by atoms with E-state index in [4.69, 9.17) is 0 Å². The van der Waals surface area contributed by atoms with E-state index in [9.17, 15) is 4.39 Å². The van der Waals surface area contributed by atoms with Gasteiger partial charge in [0.1, 0.15) is 6.67 Å². The largest absolute Gasteiger partial charge is 0.315 e. The molecule has 0 aliphatic rings. The van der Waals surface area contributed by atoms with Gasteiger partial charge in [-0.1, -0.05) is 0 Å². The molecule has 1 nitrogen and oxygen atoms in total. The van der Waals surface area contributed by atoms with Crippen molar-refractivity contribution >= 4 is 0 Å².